The van der Waals surface area contributed by atoms with Crippen molar-refractivity contribution in [2.75, 3.05) is 11.9 Å². The number of imidazole rings is 1. The average Bonchev–Trinajstić information content (AvgIpc) is 2.65. The zero-order chi connectivity index (χ0) is 10.7. The van der Waals surface area contributed by atoms with Crippen LogP contribution in [0.3, 0.4) is 0 Å². The molecule has 0 aliphatic carbocycles. The van der Waals surface area contributed by atoms with E-state index < -0.39 is 0 Å². The minimum absolute atomic E-state index is 0.884. The number of anilines is 1. The first-order valence-corrected chi connectivity index (χ1v) is 4.99. The summed E-state index contributed by atoms with van der Waals surface area (Å²) in [5.41, 5.74) is 1.96. The summed E-state index contributed by atoms with van der Waals surface area (Å²) in [6, 6.07) is 3.96. The third-order valence-corrected chi connectivity index (χ3v) is 2.19. The predicted molar refractivity (Wildman–Crippen MR) is 60.6 cm³/mol. The summed E-state index contributed by atoms with van der Waals surface area (Å²) in [6.07, 6.45) is 5.48. The summed E-state index contributed by atoms with van der Waals surface area (Å²) in [4.78, 5) is 8.56. The van der Waals surface area contributed by atoms with Gasteiger partial charge in [-0.3, -0.25) is 4.98 Å². The lowest BCUT2D eigenvalue weighted by atomic mass is 10.3. The maximum absolute atomic E-state index is 4.30. The molecule has 0 atom stereocenters. The molecule has 2 rings (SSSR count). The Morgan fingerprint density at radius 1 is 1.33 bits per heavy atom. The van der Waals surface area contributed by atoms with Crippen LogP contribution in [0.4, 0.5) is 5.69 Å². The van der Waals surface area contributed by atoms with Gasteiger partial charge < -0.3 is 9.88 Å². The highest BCUT2D eigenvalue weighted by atomic mass is 15.0. The minimum atomic E-state index is 0.884. The molecule has 2 heterocycles. The summed E-state index contributed by atoms with van der Waals surface area (Å²) in [5.74, 6) is 0.884. The van der Waals surface area contributed by atoms with Crippen LogP contribution in [0.5, 0.6) is 0 Å². The van der Waals surface area contributed by atoms with Gasteiger partial charge in [0, 0.05) is 37.9 Å². The van der Waals surface area contributed by atoms with Crippen molar-refractivity contribution in [3.05, 3.63) is 30.7 Å². The van der Waals surface area contributed by atoms with E-state index in [0.29, 0.717) is 0 Å². The van der Waals surface area contributed by atoms with E-state index in [-0.39, 0.29) is 0 Å². The molecule has 2 aromatic rings. The standard InChI is InChI=1S/C11H14N4/c1-3-12-9-4-5-13-10(8-9)11-14-6-7-15(11)2/h4-8H,3H2,1-2H3,(H,12,13). The normalized spacial score (nSPS) is 10.3. The molecule has 0 spiro atoms. The number of nitrogens with one attached hydrogen (secondary N) is 1. The lowest BCUT2D eigenvalue weighted by molar-refractivity contribution is 0.917. The van der Waals surface area contributed by atoms with Gasteiger partial charge >= 0.3 is 0 Å². The number of pyridine rings is 1. The van der Waals surface area contributed by atoms with Crippen LogP contribution in [0.2, 0.25) is 0 Å². The van der Waals surface area contributed by atoms with Crippen LogP contribution in [0.15, 0.2) is 30.7 Å². The average molecular weight is 202 g/mol. The van der Waals surface area contributed by atoms with E-state index in [1.165, 1.54) is 0 Å². The quantitative estimate of drug-likeness (QED) is 0.826. The zero-order valence-corrected chi connectivity index (χ0v) is 8.94. The Morgan fingerprint density at radius 3 is 2.87 bits per heavy atom. The van der Waals surface area contributed by atoms with Gasteiger partial charge in [0.15, 0.2) is 5.82 Å². The second kappa shape index (κ2) is 4.13. The van der Waals surface area contributed by atoms with Crippen LogP contribution in [0.1, 0.15) is 6.92 Å². The van der Waals surface area contributed by atoms with Gasteiger partial charge in [-0.15, -0.1) is 0 Å². The van der Waals surface area contributed by atoms with E-state index in [2.05, 4.69) is 22.2 Å². The molecule has 0 bridgehead atoms. The first-order chi connectivity index (χ1) is 7.31. The van der Waals surface area contributed by atoms with Crippen molar-refractivity contribution in [3.8, 4) is 11.5 Å². The number of aromatic nitrogens is 3. The Bertz CT molecular complexity index is 447. The van der Waals surface area contributed by atoms with Crippen LogP contribution >= 0.6 is 0 Å². The van der Waals surface area contributed by atoms with E-state index in [1.54, 1.807) is 12.4 Å². The van der Waals surface area contributed by atoms with Gasteiger partial charge in [-0.1, -0.05) is 0 Å². The molecule has 78 valence electrons. The van der Waals surface area contributed by atoms with Gasteiger partial charge in [-0.05, 0) is 19.1 Å². The molecule has 15 heavy (non-hydrogen) atoms. The summed E-state index contributed by atoms with van der Waals surface area (Å²) in [6.45, 7) is 2.98. The van der Waals surface area contributed by atoms with Gasteiger partial charge in [0.25, 0.3) is 0 Å². The molecule has 0 radical (unpaired) electrons. The number of hydrogen-bond donors (Lipinski definition) is 1. The molecule has 0 unspecified atom stereocenters. The van der Waals surface area contributed by atoms with Crippen LogP contribution in [-0.4, -0.2) is 21.1 Å². The molecule has 0 saturated carbocycles. The van der Waals surface area contributed by atoms with E-state index in [0.717, 1.165) is 23.8 Å². The summed E-state index contributed by atoms with van der Waals surface area (Å²) in [7, 11) is 1.96. The largest absolute Gasteiger partial charge is 0.385 e. The fraction of sp³-hybridized carbons (Fsp3) is 0.273. The highest BCUT2D eigenvalue weighted by molar-refractivity contribution is 5.57. The third-order valence-electron chi connectivity index (χ3n) is 2.19. The molecule has 0 amide bonds. The lowest BCUT2D eigenvalue weighted by Gasteiger charge is -2.05. The molecule has 0 fully saturated rings. The second-order valence-electron chi connectivity index (χ2n) is 3.32. The van der Waals surface area contributed by atoms with Crippen molar-refractivity contribution in [1.29, 1.82) is 0 Å². The molecule has 0 aromatic carbocycles. The molecule has 1 N–H and O–H groups in total. The highest BCUT2D eigenvalue weighted by Crippen LogP contribution is 2.17. The number of nitrogens with zero attached hydrogens (tertiary/aromatic N) is 3. The van der Waals surface area contributed by atoms with Crippen LogP contribution in [0.25, 0.3) is 11.5 Å². The molecular formula is C11H14N4. The Hall–Kier alpha value is -1.84. The van der Waals surface area contributed by atoms with Crippen molar-refractivity contribution in [2.24, 2.45) is 7.05 Å². The Balaban J connectivity index is 2.37. The van der Waals surface area contributed by atoms with Crippen molar-refractivity contribution in [2.45, 2.75) is 6.92 Å². The smallest absolute Gasteiger partial charge is 0.158 e. The van der Waals surface area contributed by atoms with Gasteiger partial charge in [0.05, 0.1) is 0 Å². The fourth-order valence-corrected chi connectivity index (χ4v) is 1.48. The van der Waals surface area contributed by atoms with Gasteiger partial charge in [-0.25, -0.2) is 4.98 Å². The summed E-state index contributed by atoms with van der Waals surface area (Å²) >= 11 is 0. The van der Waals surface area contributed by atoms with E-state index in [9.17, 15) is 0 Å². The molecule has 4 heteroatoms. The maximum atomic E-state index is 4.30. The van der Waals surface area contributed by atoms with E-state index >= 15 is 0 Å². The van der Waals surface area contributed by atoms with Crippen molar-refractivity contribution >= 4 is 5.69 Å². The van der Waals surface area contributed by atoms with Gasteiger partial charge in [-0.2, -0.15) is 0 Å². The summed E-state index contributed by atoms with van der Waals surface area (Å²) < 4.78 is 1.96. The third kappa shape index (κ3) is 1.98. The van der Waals surface area contributed by atoms with E-state index in [4.69, 9.17) is 0 Å². The molecule has 0 saturated heterocycles. The van der Waals surface area contributed by atoms with E-state index in [1.807, 2.05) is 29.9 Å². The first-order valence-electron chi connectivity index (χ1n) is 4.99. The zero-order valence-electron chi connectivity index (χ0n) is 8.94. The maximum Gasteiger partial charge on any atom is 0.158 e. The predicted octanol–water partition coefficient (Wildman–Crippen LogP) is 1.91. The molecular weight excluding hydrogens is 188 g/mol. The first kappa shape index (κ1) is 9.71. The van der Waals surface area contributed by atoms with Gasteiger partial charge in [0.1, 0.15) is 5.69 Å². The SMILES string of the molecule is CCNc1ccnc(-c2nccn2C)c1. The Morgan fingerprint density at radius 2 is 2.20 bits per heavy atom. The van der Waals surface area contributed by atoms with Gasteiger partial charge in [0.2, 0.25) is 0 Å². The highest BCUT2D eigenvalue weighted by Gasteiger charge is 2.04. The van der Waals surface area contributed by atoms with Crippen molar-refractivity contribution in [1.82, 2.24) is 14.5 Å². The minimum Gasteiger partial charge on any atom is -0.385 e. The lowest BCUT2D eigenvalue weighted by Crippen LogP contribution is -1.99. The topological polar surface area (TPSA) is 42.7 Å². The van der Waals surface area contributed by atoms with Crippen molar-refractivity contribution in [3.63, 3.8) is 0 Å². The van der Waals surface area contributed by atoms with Crippen LogP contribution < -0.4 is 5.32 Å². The number of aryl methyl sites for hydroxylation is 1. The number of hydrogen-bond acceptors (Lipinski definition) is 3. The summed E-state index contributed by atoms with van der Waals surface area (Å²) in [5, 5.41) is 3.25. The molecule has 4 nitrogen and oxygen atoms in total. The number of rotatable bonds is 3. The Kier molecular flexibility index (Phi) is 2.67. The molecule has 2 aromatic heterocycles. The monoisotopic (exact) mass is 202 g/mol. The Labute approximate surface area is 89.0 Å². The van der Waals surface area contributed by atoms with Crippen LogP contribution in [0, 0.1) is 0 Å². The molecule has 0 aliphatic heterocycles. The second-order valence-corrected chi connectivity index (χ2v) is 3.32. The molecule has 0 aliphatic rings. The fourth-order valence-electron chi connectivity index (χ4n) is 1.48. The van der Waals surface area contributed by atoms with Crippen molar-refractivity contribution < 1.29 is 0 Å². The van der Waals surface area contributed by atoms with Crippen LogP contribution in [-0.2, 0) is 7.05 Å².